The van der Waals surface area contributed by atoms with Crippen LogP contribution in [0.25, 0.3) is 17.0 Å². The number of rotatable bonds is 7. The molecular formula is C22H20FN5O2. The fraction of sp³-hybridized carbons (Fsp3) is 0.182. The van der Waals surface area contributed by atoms with Crippen LogP contribution in [0.5, 0.6) is 5.88 Å². The Kier molecular flexibility index (Phi) is 5.65. The number of hydrogen-bond donors (Lipinski definition) is 1. The number of nitrogens with one attached hydrogen (secondary N) is 1. The summed E-state index contributed by atoms with van der Waals surface area (Å²) in [5.74, 6) is 0.472. The molecule has 0 spiro atoms. The van der Waals surface area contributed by atoms with Crippen LogP contribution in [0.15, 0.2) is 60.7 Å². The first-order chi connectivity index (χ1) is 14.6. The van der Waals surface area contributed by atoms with Crippen LogP contribution in [0, 0.1) is 12.7 Å². The zero-order chi connectivity index (χ0) is 20.9. The van der Waals surface area contributed by atoms with E-state index < -0.39 is 0 Å². The molecule has 0 radical (unpaired) electrons. The molecular weight excluding hydrogens is 385 g/mol. The van der Waals surface area contributed by atoms with Gasteiger partial charge in [-0.15, -0.1) is 15.3 Å². The van der Waals surface area contributed by atoms with E-state index in [4.69, 9.17) is 4.74 Å². The zero-order valence-electron chi connectivity index (χ0n) is 16.4. The smallest absolute Gasteiger partial charge is 0.231 e. The van der Waals surface area contributed by atoms with Crippen LogP contribution in [-0.4, -0.2) is 38.9 Å². The summed E-state index contributed by atoms with van der Waals surface area (Å²) < 4.78 is 20.4. The molecule has 1 amide bonds. The third kappa shape index (κ3) is 4.60. The Hall–Kier alpha value is -3.81. The molecule has 0 unspecified atom stereocenters. The lowest BCUT2D eigenvalue weighted by Crippen LogP contribution is -2.29. The number of hydrogen-bond acceptors (Lipinski definition) is 5. The molecule has 0 aliphatic rings. The number of amides is 1. The van der Waals surface area contributed by atoms with Gasteiger partial charge in [-0.2, -0.15) is 4.52 Å². The first-order valence-electron chi connectivity index (χ1n) is 9.52. The highest BCUT2D eigenvalue weighted by molar-refractivity contribution is 5.78. The Balaban J connectivity index is 1.34. The maximum atomic E-state index is 13.2. The van der Waals surface area contributed by atoms with Crippen LogP contribution in [0.4, 0.5) is 4.39 Å². The third-order valence-electron chi connectivity index (χ3n) is 4.46. The van der Waals surface area contributed by atoms with Gasteiger partial charge in [-0.25, -0.2) is 4.39 Å². The summed E-state index contributed by atoms with van der Waals surface area (Å²) in [6, 6.07) is 17.2. The van der Waals surface area contributed by atoms with Crippen molar-refractivity contribution in [3.8, 4) is 17.3 Å². The normalized spacial score (nSPS) is 10.9. The second kappa shape index (κ2) is 8.69. The molecule has 7 nitrogen and oxygen atoms in total. The molecule has 0 saturated heterocycles. The summed E-state index contributed by atoms with van der Waals surface area (Å²) in [7, 11) is 0. The Morgan fingerprint density at radius 2 is 1.93 bits per heavy atom. The Bertz CT molecular complexity index is 1170. The van der Waals surface area contributed by atoms with Crippen LogP contribution in [0.2, 0.25) is 0 Å². The fourth-order valence-corrected chi connectivity index (χ4v) is 3.04. The van der Waals surface area contributed by atoms with Crippen molar-refractivity contribution in [2.24, 2.45) is 0 Å². The van der Waals surface area contributed by atoms with Gasteiger partial charge in [0, 0.05) is 11.6 Å². The van der Waals surface area contributed by atoms with E-state index in [2.05, 4.69) is 20.6 Å². The van der Waals surface area contributed by atoms with Crippen molar-refractivity contribution in [1.29, 1.82) is 0 Å². The van der Waals surface area contributed by atoms with E-state index in [1.54, 1.807) is 28.8 Å². The number of ether oxygens (including phenoxy) is 1. The second-order valence-electron chi connectivity index (χ2n) is 6.84. The van der Waals surface area contributed by atoms with Gasteiger partial charge in [0.05, 0.1) is 13.0 Å². The number of aryl methyl sites for hydroxylation is 1. The highest BCUT2D eigenvalue weighted by atomic mass is 19.1. The van der Waals surface area contributed by atoms with Gasteiger partial charge in [0.1, 0.15) is 12.4 Å². The van der Waals surface area contributed by atoms with E-state index >= 15 is 0 Å². The van der Waals surface area contributed by atoms with E-state index in [9.17, 15) is 9.18 Å². The van der Waals surface area contributed by atoms with Gasteiger partial charge in [-0.3, -0.25) is 4.79 Å². The van der Waals surface area contributed by atoms with E-state index in [0.29, 0.717) is 35.9 Å². The number of nitrogens with zero attached hydrogens (tertiary/aromatic N) is 4. The van der Waals surface area contributed by atoms with Gasteiger partial charge < -0.3 is 10.1 Å². The van der Waals surface area contributed by atoms with E-state index in [-0.39, 0.29) is 18.3 Å². The average Bonchev–Trinajstić information content (AvgIpc) is 3.15. The molecule has 0 atom stereocenters. The van der Waals surface area contributed by atoms with Crippen LogP contribution >= 0.6 is 0 Å². The number of aromatic nitrogens is 4. The van der Waals surface area contributed by atoms with Crippen molar-refractivity contribution in [2.75, 3.05) is 13.2 Å². The van der Waals surface area contributed by atoms with Gasteiger partial charge in [0.2, 0.25) is 11.8 Å². The van der Waals surface area contributed by atoms with Gasteiger partial charge in [-0.05, 0) is 42.8 Å². The highest BCUT2D eigenvalue weighted by Crippen LogP contribution is 2.19. The number of carbonyl (C=O) groups excluding carboxylic acids is 1. The molecule has 2 aromatic carbocycles. The molecule has 0 saturated carbocycles. The summed E-state index contributed by atoms with van der Waals surface area (Å²) in [6.07, 6.45) is 0.327. The van der Waals surface area contributed by atoms with Crippen molar-refractivity contribution >= 4 is 11.6 Å². The second-order valence-corrected chi connectivity index (χ2v) is 6.84. The first-order valence-corrected chi connectivity index (χ1v) is 9.52. The summed E-state index contributed by atoms with van der Waals surface area (Å²) in [4.78, 5) is 12.1. The standard InChI is InChI=1S/C22H20FN5O2/c1-15-3-2-4-16(13-15)14-20(29)24-11-12-30-21-10-9-19-25-26-22(28(19)27-21)17-5-7-18(23)8-6-17/h2-10,13H,11-12,14H2,1H3,(H,24,29). The lowest BCUT2D eigenvalue weighted by Gasteiger charge is -2.08. The molecule has 4 rings (SSSR count). The highest BCUT2D eigenvalue weighted by Gasteiger charge is 2.11. The minimum absolute atomic E-state index is 0.0648. The van der Waals surface area contributed by atoms with Crippen molar-refractivity contribution < 1.29 is 13.9 Å². The van der Waals surface area contributed by atoms with Crippen LogP contribution in [0.3, 0.4) is 0 Å². The topological polar surface area (TPSA) is 81.4 Å². The average molecular weight is 405 g/mol. The maximum absolute atomic E-state index is 13.2. The molecule has 4 aromatic rings. The van der Waals surface area contributed by atoms with Crippen LogP contribution < -0.4 is 10.1 Å². The number of halogens is 1. The van der Waals surface area contributed by atoms with Crippen molar-refractivity contribution in [1.82, 2.24) is 25.1 Å². The summed E-state index contributed by atoms with van der Waals surface area (Å²) in [5, 5.41) is 15.4. The molecule has 2 heterocycles. The van der Waals surface area contributed by atoms with Crippen LogP contribution in [0.1, 0.15) is 11.1 Å². The molecule has 0 aliphatic carbocycles. The molecule has 152 valence electrons. The van der Waals surface area contributed by atoms with E-state index in [1.165, 1.54) is 12.1 Å². The molecule has 8 heteroatoms. The molecule has 0 bridgehead atoms. The fourth-order valence-electron chi connectivity index (χ4n) is 3.04. The summed E-state index contributed by atoms with van der Waals surface area (Å²) in [6.45, 7) is 2.62. The number of fused-ring (bicyclic) bond motifs is 1. The number of benzene rings is 2. The van der Waals surface area contributed by atoms with Crippen molar-refractivity contribution in [3.63, 3.8) is 0 Å². The Morgan fingerprint density at radius 3 is 2.73 bits per heavy atom. The quantitative estimate of drug-likeness (QED) is 0.478. The lowest BCUT2D eigenvalue weighted by atomic mass is 10.1. The van der Waals surface area contributed by atoms with Crippen molar-refractivity contribution in [3.05, 3.63) is 77.6 Å². The van der Waals surface area contributed by atoms with E-state index in [1.807, 2.05) is 31.2 Å². The molecule has 0 fully saturated rings. The van der Waals surface area contributed by atoms with Crippen molar-refractivity contribution in [2.45, 2.75) is 13.3 Å². The predicted octanol–water partition coefficient (Wildman–Crippen LogP) is 2.98. The molecule has 1 N–H and O–H groups in total. The van der Waals surface area contributed by atoms with Gasteiger partial charge in [0.15, 0.2) is 11.5 Å². The summed E-state index contributed by atoms with van der Waals surface area (Å²) in [5.41, 5.74) is 3.34. The monoisotopic (exact) mass is 405 g/mol. The first kappa shape index (κ1) is 19.5. The Morgan fingerprint density at radius 1 is 1.10 bits per heavy atom. The van der Waals surface area contributed by atoms with Gasteiger partial charge >= 0.3 is 0 Å². The van der Waals surface area contributed by atoms with Gasteiger partial charge in [-0.1, -0.05) is 29.8 Å². The minimum Gasteiger partial charge on any atom is -0.475 e. The summed E-state index contributed by atoms with van der Waals surface area (Å²) >= 11 is 0. The van der Waals surface area contributed by atoms with Gasteiger partial charge in [0.25, 0.3) is 0 Å². The largest absolute Gasteiger partial charge is 0.475 e. The molecule has 30 heavy (non-hydrogen) atoms. The van der Waals surface area contributed by atoms with E-state index in [0.717, 1.165) is 11.1 Å². The zero-order valence-corrected chi connectivity index (χ0v) is 16.4. The molecule has 2 aromatic heterocycles. The molecule has 0 aliphatic heterocycles. The maximum Gasteiger partial charge on any atom is 0.231 e. The lowest BCUT2D eigenvalue weighted by molar-refractivity contribution is -0.120. The van der Waals surface area contributed by atoms with Crippen LogP contribution in [-0.2, 0) is 11.2 Å². The number of carbonyl (C=O) groups is 1. The Labute approximate surface area is 172 Å². The minimum atomic E-state index is -0.325. The predicted molar refractivity (Wildman–Crippen MR) is 110 cm³/mol. The SMILES string of the molecule is Cc1cccc(CC(=O)NCCOc2ccc3nnc(-c4ccc(F)cc4)n3n2)c1. The third-order valence-corrected chi connectivity index (χ3v) is 4.46.